The molecule has 0 unspecified atom stereocenters. The van der Waals surface area contributed by atoms with Crippen LogP contribution in [-0.2, 0) is 4.79 Å². The van der Waals surface area contributed by atoms with Crippen molar-refractivity contribution in [1.82, 2.24) is 5.32 Å². The molecule has 1 aromatic carbocycles. The molecule has 0 aliphatic heterocycles. The molecule has 0 saturated carbocycles. The SMILES string of the molecule is CC(C)c1cccc(OCC(=O)N[C@H](CO)C(C)C)c1. The highest BCUT2D eigenvalue weighted by Crippen LogP contribution is 2.19. The highest BCUT2D eigenvalue weighted by Gasteiger charge is 2.15. The number of hydrogen-bond acceptors (Lipinski definition) is 3. The lowest BCUT2D eigenvalue weighted by Crippen LogP contribution is -2.43. The minimum atomic E-state index is -0.229. The van der Waals surface area contributed by atoms with Gasteiger partial charge in [0.1, 0.15) is 5.75 Å². The predicted octanol–water partition coefficient (Wildman–Crippen LogP) is 2.32. The molecular formula is C16H25NO3. The van der Waals surface area contributed by atoms with Crippen LogP contribution in [0.25, 0.3) is 0 Å². The summed E-state index contributed by atoms with van der Waals surface area (Å²) in [6.45, 7) is 8.03. The summed E-state index contributed by atoms with van der Waals surface area (Å²) in [6.07, 6.45) is 0. The van der Waals surface area contributed by atoms with Crippen molar-refractivity contribution in [1.29, 1.82) is 0 Å². The molecule has 112 valence electrons. The summed E-state index contributed by atoms with van der Waals surface area (Å²) in [5.74, 6) is 1.09. The first-order valence-corrected chi connectivity index (χ1v) is 7.07. The maximum Gasteiger partial charge on any atom is 0.258 e. The summed E-state index contributed by atoms with van der Waals surface area (Å²) >= 11 is 0. The van der Waals surface area contributed by atoms with Crippen molar-refractivity contribution in [3.05, 3.63) is 29.8 Å². The normalized spacial score (nSPS) is 12.6. The summed E-state index contributed by atoms with van der Waals surface area (Å²) in [6, 6.07) is 7.52. The van der Waals surface area contributed by atoms with Crippen LogP contribution < -0.4 is 10.1 Å². The van der Waals surface area contributed by atoms with Gasteiger partial charge in [0.2, 0.25) is 0 Å². The van der Waals surface area contributed by atoms with Gasteiger partial charge in [-0.25, -0.2) is 0 Å². The molecule has 0 radical (unpaired) electrons. The number of rotatable bonds is 7. The molecule has 1 atom stereocenters. The molecule has 1 rings (SSSR count). The third kappa shape index (κ3) is 5.21. The van der Waals surface area contributed by atoms with Crippen molar-refractivity contribution in [2.75, 3.05) is 13.2 Å². The van der Waals surface area contributed by atoms with Crippen molar-refractivity contribution >= 4 is 5.91 Å². The number of carbonyl (C=O) groups excluding carboxylic acids is 1. The van der Waals surface area contributed by atoms with Gasteiger partial charge in [-0.1, -0.05) is 39.8 Å². The third-order valence-electron chi connectivity index (χ3n) is 3.24. The molecule has 0 fully saturated rings. The van der Waals surface area contributed by atoms with Gasteiger partial charge in [0.15, 0.2) is 6.61 Å². The van der Waals surface area contributed by atoms with E-state index in [4.69, 9.17) is 4.74 Å². The smallest absolute Gasteiger partial charge is 0.258 e. The van der Waals surface area contributed by atoms with Crippen molar-refractivity contribution < 1.29 is 14.6 Å². The number of aliphatic hydroxyl groups is 1. The van der Waals surface area contributed by atoms with E-state index in [0.29, 0.717) is 11.7 Å². The van der Waals surface area contributed by atoms with Gasteiger partial charge in [-0.2, -0.15) is 0 Å². The summed E-state index contributed by atoms with van der Waals surface area (Å²) in [7, 11) is 0. The number of aliphatic hydroxyl groups excluding tert-OH is 1. The quantitative estimate of drug-likeness (QED) is 0.805. The molecule has 1 amide bonds. The summed E-state index contributed by atoms with van der Waals surface area (Å²) < 4.78 is 5.49. The fraction of sp³-hybridized carbons (Fsp3) is 0.562. The molecule has 0 saturated heterocycles. The lowest BCUT2D eigenvalue weighted by atomic mass is 10.0. The minimum absolute atomic E-state index is 0.0369. The van der Waals surface area contributed by atoms with Gasteiger partial charge >= 0.3 is 0 Å². The zero-order valence-corrected chi connectivity index (χ0v) is 12.7. The van der Waals surface area contributed by atoms with Crippen LogP contribution >= 0.6 is 0 Å². The second-order valence-electron chi connectivity index (χ2n) is 5.62. The number of ether oxygens (including phenoxy) is 1. The molecular weight excluding hydrogens is 254 g/mol. The van der Waals surface area contributed by atoms with Gasteiger partial charge in [-0.05, 0) is 29.5 Å². The van der Waals surface area contributed by atoms with Crippen molar-refractivity contribution in [3.8, 4) is 5.75 Å². The van der Waals surface area contributed by atoms with Crippen molar-refractivity contribution in [2.45, 2.75) is 39.7 Å². The van der Waals surface area contributed by atoms with Crippen LogP contribution in [0.2, 0.25) is 0 Å². The summed E-state index contributed by atoms with van der Waals surface area (Å²) in [4.78, 5) is 11.8. The van der Waals surface area contributed by atoms with Gasteiger partial charge in [0.25, 0.3) is 5.91 Å². The Kier molecular flexibility index (Phi) is 6.52. The van der Waals surface area contributed by atoms with Gasteiger partial charge in [-0.15, -0.1) is 0 Å². The van der Waals surface area contributed by atoms with Crippen molar-refractivity contribution in [2.24, 2.45) is 5.92 Å². The van der Waals surface area contributed by atoms with Crippen LogP contribution in [0.5, 0.6) is 5.75 Å². The fourth-order valence-corrected chi connectivity index (χ4v) is 1.78. The average Bonchev–Trinajstić information content (AvgIpc) is 2.42. The van der Waals surface area contributed by atoms with Gasteiger partial charge in [-0.3, -0.25) is 4.79 Å². The van der Waals surface area contributed by atoms with E-state index in [0.717, 1.165) is 0 Å². The number of amides is 1. The van der Waals surface area contributed by atoms with E-state index in [-0.39, 0.29) is 31.1 Å². The zero-order valence-electron chi connectivity index (χ0n) is 12.7. The Balaban J connectivity index is 2.50. The molecule has 1 aromatic rings. The molecule has 2 N–H and O–H groups in total. The lowest BCUT2D eigenvalue weighted by Gasteiger charge is -2.20. The summed E-state index contributed by atoms with van der Waals surface area (Å²) in [5, 5.41) is 11.9. The van der Waals surface area contributed by atoms with Gasteiger partial charge < -0.3 is 15.2 Å². The monoisotopic (exact) mass is 279 g/mol. The maximum atomic E-state index is 11.8. The lowest BCUT2D eigenvalue weighted by molar-refractivity contribution is -0.124. The van der Waals surface area contributed by atoms with E-state index in [1.807, 2.05) is 38.1 Å². The maximum absolute atomic E-state index is 11.8. The molecule has 0 spiro atoms. The predicted molar refractivity (Wildman–Crippen MR) is 79.9 cm³/mol. The Labute approximate surface area is 121 Å². The number of carbonyl (C=O) groups is 1. The molecule has 0 aliphatic carbocycles. The van der Waals surface area contributed by atoms with E-state index >= 15 is 0 Å². The third-order valence-corrected chi connectivity index (χ3v) is 3.24. The van der Waals surface area contributed by atoms with Crippen LogP contribution in [0.1, 0.15) is 39.2 Å². The van der Waals surface area contributed by atoms with Crippen LogP contribution in [0.3, 0.4) is 0 Å². The number of nitrogens with one attached hydrogen (secondary N) is 1. The topological polar surface area (TPSA) is 58.6 Å². The van der Waals surface area contributed by atoms with Gasteiger partial charge in [0, 0.05) is 0 Å². The first kappa shape index (κ1) is 16.5. The first-order valence-electron chi connectivity index (χ1n) is 7.07. The molecule has 4 heteroatoms. The Morgan fingerprint density at radius 2 is 2.00 bits per heavy atom. The Morgan fingerprint density at radius 1 is 1.30 bits per heavy atom. The van der Waals surface area contributed by atoms with Gasteiger partial charge in [0.05, 0.1) is 12.6 Å². The van der Waals surface area contributed by atoms with Crippen molar-refractivity contribution in [3.63, 3.8) is 0 Å². The molecule has 0 heterocycles. The summed E-state index contributed by atoms with van der Waals surface area (Å²) in [5.41, 5.74) is 1.18. The molecule has 0 bridgehead atoms. The highest BCUT2D eigenvalue weighted by atomic mass is 16.5. The van der Waals surface area contributed by atoms with E-state index in [2.05, 4.69) is 19.2 Å². The fourth-order valence-electron chi connectivity index (χ4n) is 1.78. The number of benzene rings is 1. The second kappa shape index (κ2) is 7.90. The standard InChI is InChI=1S/C16H25NO3/c1-11(2)13-6-5-7-14(8-13)20-10-16(19)17-15(9-18)12(3)4/h5-8,11-12,15,18H,9-10H2,1-4H3,(H,17,19)/t15-/m1/s1. The molecule has 0 aromatic heterocycles. The average molecular weight is 279 g/mol. The Morgan fingerprint density at radius 3 is 2.55 bits per heavy atom. The van der Waals surface area contributed by atoms with E-state index in [1.54, 1.807) is 0 Å². The Hall–Kier alpha value is -1.55. The largest absolute Gasteiger partial charge is 0.484 e. The number of hydrogen-bond donors (Lipinski definition) is 2. The minimum Gasteiger partial charge on any atom is -0.484 e. The zero-order chi connectivity index (χ0) is 15.1. The highest BCUT2D eigenvalue weighted by molar-refractivity contribution is 5.77. The molecule has 4 nitrogen and oxygen atoms in total. The van der Waals surface area contributed by atoms with E-state index < -0.39 is 0 Å². The molecule has 0 aliphatic rings. The molecule has 20 heavy (non-hydrogen) atoms. The van der Waals surface area contributed by atoms with Crippen LogP contribution in [0, 0.1) is 5.92 Å². The second-order valence-corrected chi connectivity index (χ2v) is 5.62. The first-order chi connectivity index (χ1) is 9.43. The van der Waals surface area contributed by atoms with E-state index in [9.17, 15) is 9.90 Å². The van der Waals surface area contributed by atoms with Crippen LogP contribution in [0.15, 0.2) is 24.3 Å². The van der Waals surface area contributed by atoms with E-state index in [1.165, 1.54) is 5.56 Å². The Bertz CT molecular complexity index is 429. The van der Waals surface area contributed by atoms with Crippen LogP contribution in [0.4, 0.5) is 0 Å². The van der Waals surface area contributed by atoms with Crippen LogP contribution in [-0.4, -0.2) is 30.3 Å².